The topological polar surface area (TPSA) is 15.8 Å². The van der Waals surface area contributed by atoms with Crippen molar-refractivity contribution in [2.75, 3.05) is 0 Å². The van der Waals surface area contributed by atoms with E-state index in [0.717, 1.165) is 0 Å². The molecular weight excluding hydrogens is 242 g/mol. The zero-order chi connectivity index (χ0) is 14.1. The lowest BCUT2D eigenvalue weighted by atomic mass is 10.00. The molecule has 0 aliphatic heterocycles. The van der Waals surface area contributed by atoms with Crippen LogP contribution in [-0.2, 0) is 0 Å². The first kappa shape index (κ1) is 12.7. The third-order valence-corrected chi connectivity index (χ3v) is 3.66. The normalized spacial score (nSPS) is 10.8. The summed E-state index contributed by atoms with van der Waals surface area (Å²) in [7, 11) is 0. The monoisotopic (exact) mass is 261 g/mol. The first-order valence-corrected chi connectivity index (χ1v) is 6.97. The summed E-state index contributed by atoms with van der Waals surface area (Å²) < 4.78 is 0. The van der Waals surface area contributed by atoms with Crippen LogP contribution in [0.4, 0.5) is 0 Å². The molecule has 0 radical (unpaired) electrons. The fourth-order valence-electron chi connectivity index (χ4n) is 2.50. The Kier molecular flexibility index (Phi) is 3.19. The Morgan fingerprint density at radius 1 is 0.650 bits per heavy atom. The van der Waals surface area contributed by atoms with Crippen molar-refractivity contribution in [2.24, 2.45) is 0 Å². The third kappa shape index (κ3) is 2.39. The summed E-state index contributed by atoms with van der Waals surface area (Å²) in [6, 6.07) is 19.6. The van der Waals surface area contributed by atoms with E-state index in [0.29, 0.717) is 0 Å². The minimum atomic E-state index is 1.19. The fraction of sp³-hybridized carbons (Fsp3) is 0.158. The first-order chi connectivity index (χ1) is 9.63. The molecule has 2 aromatic carbocycles. The van der Waals surface area contributed by atoms with Crippen molar-refractivity contribution in [3.8, 4) is 22.4 Å². The van der Waals surface area contributed by atoms with Gasteiger partial charge in [-0.1, -0.05) is 59.7 Å². The van der Waals surface area contributed by atoms with Crippen LogP contribution in [0.25, 0.3) is 22.4 Å². The number of aryl methyl sites for hydroxylation is 3. The molecular formula is C19H19N. The lowest BCUT2D eigenvalue weighted by Gasteiger charge is -2.06. The third-order valence-electron chi connectivity index (χ3n) is 3.66. The van der Waals surface area contributed by atoms with Crippen molar-refractivity contribution >= 4 is 0 Å². The molecule has 20 heavy (non-hydrogen) atoms. The Morgan fingerprint density at radius 2 is 1.15 bits per heavy atom. The molecule has 3 rings (SSSR count). The predicted molar refractivity (Wildman–Crippen MR) is 85.9 cm³/mol. The van der Waals surface area contributed by atoms with Gasteiger partial charge in [-0.25, -0.2) is 0 Å². The van der Waals surface area contributed by atoms with E-state index >= 15 is 0 Å². The molecule has 1 N–H and O–H groups in total. The average Bonchev–Trinajstić information content (AvgIpc) is 2.82. The van der Waals surface area contributed by atoms with Crippen molar-refractivity contribution in [1.82, 2.24) is 4.98 Å². The van der Waals surface area contributed by atoms with Crippen LogP contribution < -0.4 is 0 Å². The minimum Gasteiger partial charge on any atom is -0.358 e. The van der Waals surface area contributed by atoms with E-state index in [4.69, 9.17) is 0 Å². The number of hydrogen-bond acceptors (Lipinski definition) is 0. The molecule has 0 unspecified atom stereocenters. The summed E-state index contributed by atoms with van der Waals surface area (Å²) in [5.41, 5.74) is 8.73. The lowest BCUT2D eigenvalue weighted by molar-refractivity contribution is 1.27. The van der Waals surface area contributed by atoms with Gasteiger partial charge in [-0.2, -0.15) is 0 Å². The van der Waals surface area contributed by atoms with Gasteiger partial charge >= 0.3 is 0 Å². The number of aromatic nitrogens is 1. The number of H-pyrrole nitrogens is 1. The molecule has 0 bridgehead atoms. The number of aromatic amines is 1. The maximum Gasteiger partial charge on any atom is 0.0535 e. The van der Waals surface area contributed by atoms with Crippen molar-refractivity contribution in [1.29, 1.82) is 0 Å². The van der Waals surface area contributed by atoms with Gasteiger partial charge in [-0.3, -0.25) is 0 Å². The van der Waals surface area contributed by atoms with Crippen LogP contribution in [0.5, 0.6) is 0 Å². The summed E-state index contributed by atoms with van der Waals surface area (Å²) in [5, 5.41) is 0. The second kappa shape index (κ2) is 5.01. The van der Waals surface area contributed by atoms with Gasteiger partial charge in [-0.15, -0.1) is 0 Å². The van der Waals surface area contributed by atoms with Crippen molar-refractivity contribution in [3.05, 3.63) is 71.4 Å². The maximum atomic E-state index is 3.49. The standard InChI is InChI=1S/C19H19N/c1-13-4-8-16(9-5-13)18-12-15(3)20-19(18)17-10-6-14(2)7-11-17/h4-12,20H,1-3H3. The van der Waals surface area contributed by atoms with Gasteiger partial charge in [0, 0.05) is 11.3 Å². The van der Waals surface area contributed by atoms with Crippen LogP contribution in [-0.4, -0.2) is 4.98 Å². The molecule has 1 heteroatoms. The molecule has 1 aromatic heterocycles. The molecule has 3 aromatic rings. The van der Waals surface area contributed by atoms with Gasteiger partial charge in [0.05, 0.1) is 5.69 Å². The molecule has 0 aliphatic rings. The summed E-state index contributed by atoms with van der Waals surface area (Å²) in [6.07, 6.45) is 0. The molecule has 0 saturated heterocycles. The molecule has 0 atom stereocenters. The van der Waals surface area contributed by atoms with Crippen LogP contribution >= 0.6 is 0 Å². The van der Waals surface area contributed by atoms with Crippen LogP contribution in [0.2, 0.25) is 0 Å². The SMILES string of the molecule is Cc1ccc(-c2cc(C)[nH]c2-c2ccc(C)cc2)cc1. The zero-order valence-corrected chi connectivity index (χ0v) is 12.2. The summed E-state index contributed by atoms with van der Waals surface area (Å²) in [5.74, 6) is 0. The quantitative estimate of drug-likeness (QED) is 0.646. The van der Waals surface area contributed by atoms with Gasteiger partial charge in [-0.05, 0) is 38.0 Å². The Hall–Kier alpha value is -2.28. The van der Waals surface area contributed by atoms with Crippen molar-refractivity contribution in [2.45, 2.75) is 20.8 Å². The average molecular weight is 261 g/mol. The smallest absolute Gasteiger partial charge is 0.0535 e. The lowest BCUT2D eigenvalue weighted by Crippen LogP contribution is -1.83. The van der Waals surface area contributed by atoms with E-state index in [1.54, 1.807) is 0 Å². The van der Waals surface area contributed by atoms with E-state index in [1.165, 1.54) is 39.2 Å². The van der Waals surface area contributed by atoms with Gasteiger partial charge in [0.15, 0.2) is 0 Å². The Bertz CT molecular complexity index is 652. The Labute approximate surface area is 120 Å². The second-order valence-corrected chi connectivity index (χ2v) is 5.47. The zero-order valence-electron chi connectivity index (χ0n) is 12.2. The summed E-state index contributed by atoms with van der Waals surface area (Å²) >= 11 is 0. The van der Waals surface area contributed by atoms with E-state index < -0.39 is 0 Å². The Morgan fingerprint density at radius 3 is 1.70 bits per heavy atom. The van der Waals surface area contributed by atoms with E-state index in [-0.39, 0.29) is 0 Å². The van der Waals surface area contributed by atoms with Crippen LogP contribution in [0, 0.1) is 20.8 Å². The Balaban J connectivity index is 2.12. The molecule has 0 amide bonds. The molecule has 1 heterocycles. The molecule has 0 saturated carbocycles. The highest BCUT2D eigenvalue weighted by Gasteiger charge is 2.10. The number of benzene rings is 2. The summed E-state index contributed by atoms with van der Waals surface area (Å²) in [6.45, 7) is 6.34. The van der Waals surface area contributed by atoms with Gasteiger partial charge in [0.2, 0.25) is 0 Å². The largest absolute Gasteiger partial charge is 0.358 e. The highest BCUT2D eigenvalue weighted by atomic mass is 14.7. The van der Waals surface area contributed by atoms with Crippen molar-refractivity contribution in [3.63, 3.8) is 0 Å². The van der Waals surface area contributed by atoms with Gasteiger partial charge < -0.3 is 4.98 Å². The molecule has 0 fully saturated rings. The van der Waals surface area contributed by atoms with Crippen LogP contribution in [0.1, 0.15) is 16.8 Å². The minimum absolute atomic E-state index is 1.19. The van der Waals surface area contributed by atoms with Crippen LogP contribution in [0.3, 0.4) is 0 Å². The summed E-state index contributed by atoms with van der Waals surface area (Å²) in [4.78, 5) is 3.49. The van der Waals surface area contributed by atoms with E-state index in [2.05, 4.69) is 80.4 Å². The number of hydrogen-bond donors (Lipinski definition) is 1. The van der Waals surface area contributed by atoms with Gasteiger partial charge in [0.25, 0.3) is 0 Å². The highest BCUT2D eigenvalue weighted by molar-refractivity contribution is 5.82. The number of nitrogens with one attached hydrogen (secondary N) is 1. The highest BCUT2D eigenvalue weighted by Crippen LogP contribution is 2.32. The van der Waals surface area contributed by atoms with Gasteiger partial charge in [0.1, 0.15) is 0 Å². The van der Waals surface area contributed by atoms with E-state index in [9.17, 15) is 0 Å². The molecule has 1 nitrogen and oxygen atoms in total. The fourth-order valence-corrected chi connectivity index (χ4v) is 2.50. The molecule has 0 spiro atoms. The maximum absolute atomic E-state index is 3.49. The number of rotatable bonds is 2. The van der Waals surface area contributed by atoms with Crippen molar-refractivity contribution < 1.29 is 0 Å². The predicted octanol–water partition coefficient (Wildman–Crippen LogP) is 5.27. The molecule has 100 valence electrons. The molecule has 0 aliphatic carbocycles. The van der Waals surface area contributed by atoms with E-state index in [1.807, 2.05) is 0 Å². The first-order valence-electron chi connectivity index (χ1n) is 6.97. The second-order valence-electron chi connectivity index (χ2n) is 5.47. The van der Waals surface area contributed by atoms with Crippen LogP contribution in [0.15, 0.2) is 54.6 Å².